The van der Waals surface area contributed by atoms with E-state index < -0.39 is 5.97 Å². The van der Waals surface area contributed by atoms with E-state index >= 15 is 0 Å². The molecule has 0 amide bonds. The molecule has 0 spiro atoms. The highest BCUT2D eigenvalue weighted by atomic mass is 16.5. The largest absolute Gasteiger partial charge is 0.478 e. The zero-order valence-corrected chi connectivity index (χ0v) is 11.6. The van der Waals surface area contributed by atoms with Crippen molar-refractivity contribution < 1.29 is 14.6 Å². The first-order valence-electron chi connectivity index (χ1n) is 6.98. The number of fused-ring (bicyclic) bond motifs is 1. The van der Waals surface area contributed by atoms with Crippen LogP contribution in [0.3, 0.4) is 0 Å². The normalized spacial score (nSPS) is 10.7. The van der Waals surface area contributed by atoms with E-state index in [4.69, 9.17) is 9.84 Å². The van der Waals surface area contributed by atoms with Crippen LogP contribution in [-0.4, -0.2) is 22.7 Å². The summed E-state index contributed by atoms with van der Waals surface area (Å²) in [6.45, 7) is 2.82. The molecule has 1 heterocycles. The molecule has 0 aliphatic rings. The van der Waals surface area contributed by atoms with Crippen molar-refractivity contribution in [1.82, 2.24) is 4.98 Å². The van der Waals surface area contributed by atoms with Gasteiger partial charge in [-0.15, -0.1) is 0 Å². The van der Waals surface area contributed by atoms with Gasteiger partial charge < -0.3 is 9.84 Å². The zero-order valence-electron chi connectivity index (χ0n) is 11.6. The van der Waals surface area contributed by atoms with E-state index in [1.54, 1.807) is 30.3 Å². The molecular weight excluding hydrogens is 254 g/mol. The Morgan fingerprint density at radius 3 is 2.80 bits per heavy atom. The van der Waals surface area contributed by atoms with Gasteiger partial charge in [0.2, 0.25) is 5.88 Å². The number of carboxylic acid groups (broad SMARTS) is 1. The first-order chi connectivity index (χ1) is 9.72. The van der Waals surface area contributed by atoms with E-state index in [9.17, 15) is 4.79 Å². The van der Waals surface area contributed by atoms with E-state index in [1.165, 1.54) is 12.8 Å². The molecule has 1 aromatic heterocycles. The van der Waals surface area contributed by atoms with Gasteiger partial charge in [0.1, 0.15) is 0 Å². The fourth-order valence-corrected chi connectivity index (χ4v) is 2.11. The van der Waals surface area contributed by atoms with Crippen molar-refractivity contribution in [3.63, 3.8) is 0 Å². The predicted molar refractivity (Wildman–Crippen MR) is 78.3 cm³/mol. The topological polar surface area (TPSA) is 59.4 Å². The SMILES string of the molecule is CCCCCCOc1ccc2c(C(=O)O)cccc2n1. The number of aromatic carboxylic acids is 1. The molecule has 0 saturated heterocycles. The lowest BCUT2D eigenvalue weighted by molar-refractivity contribution is 0.0699. The number of pyridine rings is 1. The van der Waals surface area contributed by atoms with Crippen molar-refractivity contribution in [2.24, 2.45) is 0 Å². The van der Waals surface area contributed by atoms with Crippen LogP contribution >= 0.6 is 0 Å². The van der Waals surface area contributed by atoms with Crippen LogP contribution in [0.5, 0.6) is 5.88 Å². The second-order valence-corrected chi connectivity index (χ2v) is 4.74. The minimum Gasteiger partial charge on any atom is -0.478 e. The first kappa shape index (κ1) is 14.3. The molecule has 0 unspecified atom stereocenters. The second-order valence-electron chi connectivity index (χ2n) is 4.74. The van der Waals surface area contributed by atoms with Gasteiger partial charge in [0, 0.05) is 11.5 Å². The number of ether oxygens (including phenoxy) is 1. The highest BCUT2D eigenvalue weighted by Crippen LogP contribution is 2.20. The van der Waals surface area contributed by atoms with Crippen molar-refractivity contribution in [3.8, 4) is 5.88 Å². The third kappa shape index (κ3) is 3.47. The fourth-order valence-electron chi connectivity index (χ4n) is 2.11. The fraction of sp³-hybridized carbons (Fsp3) is 0.375. The van der Waals surface area contributed by atoms with Crippen molar-refractivity contribution in [2.75, 3.05) is 6.61 Å². The molecule has 20 heavy (non-hydrogen) atoms. The van der Waals surface area contributed by atoms with E-state index in [1.807, 2.05) is 0 Å². The molecule has 0 aliphatic heterocycles. The average molecular weight is 273 g/mol. The van der Waals surface area contributed by atoms with Gasteiger partial charge in [-0.05, 0) is 24.6 Å². The number of benzene rings is 1. The summed E-state index contributed by atoms with van der Waals surface area (Å²) in [5.41, 5.74) is 0.917. The van der Waals surface area contributed by atoms with Crippen LogP contribution in [-0.2, 0) is 0 Å². The van der Waals surface area contributed by atoms with Gasteiger partial charge in [-0.25, -0.2) is 9.78 Å². The maximum Gasteiger partial charge on any atom is 0.336 e. The summed E-state index contributed by atoms with van der Waals surface area (Å²) >= 11 is 0. The monoisotopic (exact) mass is 273 g/mol. The molecule has 2 rings (SSSR count). The Hall–Kier alpha value is -2.10. The van der Waals surface area contributed by atoms with Gasteiger partial charge in [-0.1, -0.05) is 32.3 Å². The molecule has 4 heteroatoms. The van der Waals surface area contributed by atoms with Gasteiger partial charge in [0.15, 0.2) is 0 Å². The number of nitrogens with zero attached hydrogens (tertiary/aromatic N) is 1. The maximum atomic E-state index is 11.1. The summed E-state index contributed by atoms with van der Waals surface area (Å²) in [7, 11) is 0. The number of carbonyl (C=O) groups is 1. The minimum atomic E-state index is -0.939. The van der Waals surface area contributed by atoms with E-state index in [2.05, 4.69) is 11.9 Å². The molecule has 2 aromatic rings. The van der Waals surface area contributed by atoms with Gasteiger partial charge >= 0.3 is 5.97 Å². The van der Waals surface area contributed by atoms with E-state index in [0.29, 0.717) is 23.4 Å². The third-order valence-corrected chi connectivity index (χ3v) is 3.18. The van der Waals surface area contributed by atoms with Crippen molar-refractivity contribution in [2.45, 2.75) is 32.6 Å². The highest BCUT2D eigenvalue weighted by Gasteiger charge is 2.09. The molecule has 0 saturated carbocycles. The smallest absolute Gasteiger partial charge is 0.336 e. The maximum absolute atomic E-state index is 11.1. The number of hydrogen-bond acceptors (Lipinski definition) is 3. The molecule has 0 atom stereocenters. The quantitative estimate of drug-likeness (QED) is 0.777. The molecule has 1 N–H and O–H groups in total. The molecule has 0 aliphatic carbocycles. The number of unbranched alkanes of at least 4 members (excludes halogenated alkanes) is 3. The third-order valence-electron chi connectivity index (χ3n) is 3.18. The lowest BCUT2D eigenvalue weighted by Gasteiger charge is -2.07. The highest BCUT2D eigenvalue weighted by molar-refractivity contribution is 6.02. The van der Waals surface area contributed by atoms with Gasteiger partial charge in [-0.2, -0.15) is 0 Å². The van der Waals surface area contributed by atoms with Crippen LogP contribution in [0, 0.1) is 0 Å². The summed E-state index contributed by atoms with van der Waals surface area (Å²) < 4.78 is 5.60. The molecule has 4 nitrogen and oxygen atoms in total. The van der Waals surface area contributed by atoms with Crippen LogP contribution < -0.4 is 4.74 Å². The Balaban J connectivity index is 2.08. The lowest BCUT2D eigenvalue weighted by Crippen LogP contribution is -2.01. The van der Waals surface area contributed by atoms with E-state index in [-0.39, 0.29) is 5.56 Å². The van der Waals surface area contributed by atoms with Gasteiger partial charge in [0.05, 0.1) is 17.7 Å². The molecule has 106 valence electrons. The van der Waals surface area contributed by atoms with Crippen molar-refractivity contribution in [3.05, 3.63) is 35.9 Å². The predicted octanol–water partition coefficient (Wildman–Crippen LogP) is 3.89. The average Bonchev–Trinajstić information content (AvgIpc) is 2.46. The summed E-state index contributed by atoms with van der Waals surface area (Å²) in [5.74, 6) is -0.387. The first-order valence-corrected chi connectivity index (χ1v) is 6.98. The Bertz CT molecular complexity index is 595. The van der Waals surface area contributed by atoms with Crippen LogP contribution in [0.2, 0.25) is 0 Å². The Kier molecular flexibility index (Phi) is 4.93. The van der Waals surface area contributed by atoms with E-state index in [0.717, 1.165) is 12.8 Å². The number of carboxylic acids is 1. The number of aromatic nitrogens is 1. The summed E-state index contributed by atoms with van der Waals surface area (Å²) in [5, 5.41) is 9.75. The van der Waals surface area contributed by atoms with Gasteiger partial charge in [-0.3, -0.25) is 0 Å². The summed E-state index contributed by atoms with van der Waals surface area (Å²) in [4.78, 5) is 15.5. The number of rotatable bonds is 7. The van der Waals surface area contributed by atoms with Crippen LogP contribution in [0.15, 0.2) is 30.3 Å². The Morgan fingerprint density at radius 1 is 1.20 bits per heavy atom. The van der Waals surface area contributed by atoms with Crippen LogP contribution in [0.25, 0.3) is 10.9 Å². The lowest BCUT2D eigenvalue weighted by atomic mass is 10.1. The molecule has 0 radical (unpaired) electrons. The molecule has 0 fully saturated rings. The van der Waals surface area contributed by atoms with Crippen molar-refractivity contribution in [1.29, 1.82) is 0 Å². The number of hydrogen-bond donors (Lipinski definition) is 1. The minimum absolute atomic E-state index is 0.268. The molecule has 1 aromatic carbocycles. The van der Waals surface area contributed by atoms with Gasteiger partial charge in [0.25, 0.3) is 0 Å². The summed E-state index contributed by atoms with van der Waals surface area (Å²) in [6.07, 6.45) is 4.60. The van der Waals surface area contributed by atoms with Crippen LogP contribution in [0.1, 0.15) is 43.0 Å². The molecule has 0 bridgehead atoms. The summed E-state index contributed by atoms with van der Waals surface area (Å²) in [6, 6.07) is 8.56. The van der Waals surface area contributed by atoms with Crippen molar-refractivity contribution >= 4 is 16.9 Å². The zero-order chi connectivity index (χ0) is 14.4. The Morgan fingerprint density at radius 2 is 2.05 bits per heavy atom. The Labute approximate surface area is 118 Å². The van der Waals surface area contributed by atoms with Crippen LogP contribution in [0.4, 0.5) is 0 Å². The standard InChI is InChI=1S/C16H19NO3/c1-2-3-4-5-11-20-15-10-9-12-13(16(18)19)7-6-8-14(12)17-15/h6-10H,2-5,11H2,1H3,(H,18,19). The second kappa shape index (κ2) is 6.89. The molecular formula is C16H19NO3.